The summed E-state index contributed by atoms with van der Waals surface area (Å²) in [5.74, 6) is 0.350. The standard InChI is InChI=1S/C18H33N3O/c1-3-21(16-7-5-4-6-8-16)18(22)13-20(2)17-11-14-9-10-15(12-17)19-14/h14-17,19H,3-13H2,1-2H3. The number of carbonyl (C=O) groups excluding carboxylic acids is 1. The van der Waals surface area contributed by atoms with Crippen molar-refractivity contribution in [2.75, 3.05) is 20.1 Å². The Morgan fingerprint density at radius 2 is 1.64 bits per heavy atom. The highest BCUT2D eigenvalue weighted by Gasteiger charge is 2.36. The molecular weight excluding hydrogens is 274 g/mol. The minimum absolute atomic E-state index is 0.350. The molecule has 1 amide bonds. The van der Waals surface area contributed by atoms with Gasteiger partial charge in [0.05, 0.1) is 6.54 Å². The molecule has 0 aromatic carbocycles. The highest BCUT2D eigenvalue weighted by molar-refractivity contribution is 5.78. The Kier molecular flexibility index (Phi) is 5.40. The summed E-state index contributed by atoms with van der Waals surface area (Å²) in [6.45, 7) is 3.61. The molecule has 1 saturated carbocycles. The van der Waals surface area contributed by atoms with Crippen LogP contribution in [0.25, 0.3) is 0 Å². The molecule has 2 saturated heterocycles. The van der Waals surface area contributed by atoms with Gasteiger partial charge in [0.25, 0.3) is 0 Å². The SMILES string of the molecule is CCN(C(=O)CN(C)C1CC2CCC(C1)N2)C1CCCCC1. The number of hydrogen-bond acceptors (Lipinski definition) is 3. The quantitative estimate of drug-likeness (QED) is 0.847. The third-order valence-electron chi connectivity index (χ3n) is 6.13. The number of hydrogen-bond donors (Lipinski definition) is 1. The normalized spacial score (nSPS) is 32.4. The van der Waals surface area contributed by atoms with E-state index in [0.717, 1.165) is 6.54 Å². The molecule has 2 aliphatic heterocycles. The highest BCUT2D eigenvalue weighted by Crippen LogP contribution is 2.29. The molecular formula is C18H33N3O. The Morgan fingerprint density at radius 1 is 1.00 bits per heavy atom. The van der Waals surface area contributed by atoms with Gasteiger partial charge >= 0.3 is 0 Å². The van der Waals surface area contributed by atoms with E-state index in [1.165, 1.54) is 57.8 Å². The molecule has 4 nitrogen and oxygen atoms in total. The second-order valence-corrected chi connectivity index (χ2v) is 7.65. The van der Waals surface area contributed by atoms with Crippen molar-refractivity contribution < 1.29 is 4.79 Å². The van der Waals surface area contributed by atoms with E-state index in [1.807, 2.05) is 0 Å². The van der Waals surface area contributed by atoms with Gasteiger partial charge in [-0.1, -0.05) is 19.3 Å². The van der Waals surface area contributed by atoms with Crippen molar-refractivity contribution in [2.45, 2.75) is 88.9 Å². The number of piperidine rings is 1. The lowest BCUT2D eigenvalue weighted by molar-refractivity contribution is -0.135. The van der Waals surface area contributed by atoms with Crippen LogP contribution in [0, 0.1) is 0 Å². The molecule has 1 aliphatic carbocycles. The molecule has 2 bridgehead atoms. The van der Waals surface area contributed by atoms with Crippen LogP contribution in [-0.2, 0) is 4.79 Å². The fourth-order valence-electron chi connectivity index (χ4n) is 4.85. The van der Waals surface area contributed by atoms with Crippen molar-refractivity contribution in [1.29, 1.82) is 0 Å². The topological polar surface area (TPSA) is 35.6 Å². The summed E-state index contributed by atoms with van der Waals surface area (Å²) in [4.78, 5) is 17.3. The smallest absolute Gasteiger partial charge is 0.236 e. The number of rotatable bonds is 5. The van der Waals surface area contributed by atoms with Crippen LogP contribution < -0.4 is 5.32 Å². The van der Waals surface area contributed by atoms with Crippen LogP contribution in [0.15, 0.2) is 0 Å². The van der Waals surface area contributed by atoms with Gasteiger partial charge < -0.3 is 10.2 Å². The van der Waals surface area contributed by atoms with Gasteiger partial charge in [-0.2, -0.15) is 0 Å². The Morgan fingerprint density at radius 3 is 2.23 bits per heavy atom. The number of fused-ring (bicyclic) bond motifs is 2. The van der Waals surface area contributed by atoms with E-state index in [-0.39, 0.29) is 0 Å². The van der Waals surface area contributed by atoms with Gasteiger partial charge in [-0.15, -0.1) is 0 Å². The first kappa shape index (κ1) is 16.3. The lowest BCUT2D eigenvalue weighted by Crippen LogP contribution is -2.51. The minimum Gasteiger partial charge on any atom is -0.339 e. The van der Waals surface area contributed by atoms with Crippen LogP contribution in [0.4, 0.5) is 0 Å². The van der Waals surface area contributed by atoms with E-state index in [1.54, 1.807) is 0 Å². The molecule has 4 heteroatoms. The van der Waals surface area contributed by atoms with Crippen molar-refractivity contribution in [1.82, 2.24) is 15.1 Å². The van der Waals surface area contributed by atoms with Gasteiger partial charge in [0.15, 0.2) is 0 Å². The summed E-state index contributed by atoms with van der Waals surface area (Å²) in [7, 11) is 2.15. The molecule has 1 N–H and O–H groups in total. The first-order valence-electron chi connectivity index (χ1n) is 9.43. The van der Waals surface area contributed by atoms with Crippen molar-refractivity contribution >= 4 is 5.91 Å². The summed E-state index contributed by atoms with van der Waals surface area (Å²) in [6.07, 6.45) is 11.4. The molecule has 2 atom stereocenters. The first-order chi connectivity index (χ1) is 10.7. The van der Waals surface area contributed by atoms with Gasteiger partial charge in [0.1, 0.15) is 0 Å². The van der Waals surface area contributed by atoms with E-state index in [9.17, 15) is 4.79 Å². The number of nitrogens with one attached hydrogen (secondary N) is 1. The van der Waals surface area contributed by atoms with Gasteiger partial charge in [0, 0.05) is 30.7 Å². The molecule has 0 spiro atoms. The van der Waals surface area contributed by atoms with Crippen LogP contribution in [-0.4, -0.2) is 60.0 Å². The second-order valence-electron chi connectivity index (χ2n) is 7.65. The largest absolute Gasteiger partial charge is 0.339 e. The maximum atomic E-state index is 12.8. The summed E-state index contributed by atoms with van der Waals surface area (Å²) in [5, 5.41) is 3.69. The van der Waals surface area contributed by atoms with Crippen molar-refractivity contribution in [2.24, 2.45) is 0 Å². The van der Waals surface area contributed by atoms with E-state index >= 15 is 0 Å². The molecule has 0 radical (unpaired) electrons. The Hall–Kier alpha value is -0.610. The molecule has 2 heterocycles. The lowest BCUT2D eigenvalue weighted by atomic mass is 9.94. The van der Waals surface area contributed by atoms with Crippen LogP contribution >= 0.6 is 0 Å². The maximum absolute atomic E-state index is 12.8. The molecule has 3 fully saturated rings. The Balaban J connectivity index is 1.53. The van der Waals surface area contributed by atoms with Crippen LogP contribution in [0.3, 0.4) is 0 Å². The third-order valence-corrected chi connectivity index (χ3v) is 6.13. The summed E-state index contributed by atoms with van der Waals surface area (Å²) in [6, 6.07) is 2.49. The van der Waals surface area contributed by atoms with Crippen molar-refractivity contribution in [3.63, 3.8) is 0 Å². The Bertz CT molecular complexity index is 369. The van der Waals surface area contributed by atoms with E-state index in [0.29, 0.717) is 36.6 Å². The fraction of sp³-hybridized carbons (Fsp3) is 0.944. The first-order valence-corrected chi connectivity index (χ1v) is 9.43. The highest BCUT2D eigenvalue weighted by atomic mass is 16.2. The zero-order valence-electron chi connectivity index (χ0n) is 14.4. The molecule has 0 aromatic rings. The average Bonchev–Trinajstić information content (AvgIpc) is 2.87. The monoisotopic (exact) mass is 307 g/mol. The predicted octanol–water partition coefficient (Wildman–Crippen LogP) is 2.38. The predicted molar refractivity (Wildman–Crippen MR) is 89.9 cm³/mol. The number of nitrogens with zero attached hydrogens (tertiary/aromatic N) is 2. The zero-order chi connectivity index (χ0) is 15.5. The minimum atomic E-state index is 0.350. The van der Waals surface area contributed by atoms with E-state index < -0.39 is 0 Å². The van der Waals surface area contributed by atoms with Crippen molar-refractivity contribution in [3.05, 3.63) is 0 Å². The lowest BCUT2D eigenvalue weighted by Gasteiger charge is -2.38. The van der Waals surface area contributed by atoms with Crippen LogP contribution in [0.1, 0.15) is 64.7 Å². The van der Waals surface area contributed by atoms with E-state index in [2.05, 4.69) is 29.1 Å². The summed E-state index contributed by atoms with van der Waals surface area (Å²) < 4.78 is 0. The molecule has 22 heavy (non-hydrogen) atoms. The Labute approximate surface area is 135 Å². The number of amides is 1. The van der Waals surface area contributed by atoms with Gasteiger partial charge in [0.2, 0.25) is 5.91 Å². The molecule has 2 unspecified atom stereocenters. The van der Waals surface area contributed by atoms with Crippen LogP contribution in [0.5, 0.6) is 0 Å². The van der Waals surface area contributed by atoms with Gasteiger partial charge in [-0.25, -0.2) is 0 Å². The molecule has 0 aromatic heterocycles. The van der Waals surface area contributed by atoms with Gasteiger partial charge in [-0.05, 0) is 52.5 Å². The van der Waals surface area contributed by atoms with Crippen LogP contribution in [0.2, 0.25) is 0 Å². The number of carbonyl (C=O) groups is 1. The summed E-state index contributed by atoms with van der Waals surface area (Å²) in [5.41, 5.74) is 0. The van der Waals surface area contributed by atoms with Crippen molar-refractivity contribution in [3.8, 4) is 0 Å². The zero-order valence-corrected chi connectivity index (χ0v) is 14.4. The average molecular weight is 307 g/mol. The third kappa shape index (κ3) is 3.65. The van der Waals surface area contributed by atoms with Gasteiger partial charge in [-0.3, -0.25) is 9.69 Å². The van der Waals surface area contributed by atoms with E-state index in [4.69, 9.17) is 0 Å². The fourth-order valence-corrected chi connectivity index (χ4v) is 4.85. The maximum Gasteiger partial charge on any atom is 0.236 e. The second kappa shape index (κ2) is 7.31. The molecule has 126 valence electrons. The molecule has 3 aliphatic rings. The molecule has 3 rings (SSSR count). The number of likely N-dealkylation sites (N-methyl/N-ethyl adjacent to an activating group) is 2. The summed E-state index contributed by atoms with van der Waals surface area (Å²) >= 11 is 0.